The van der Waals surface area contributed by atoms with Crippen LogP contribution in [0.2, 0.25) is 0 Å². The second-order valence-corrected chi connectivity index (χ2v) is 5.43. The number of hydrogen-bond donors (Lipinski definition) is 1. The predicted octanol–water partition coefficient (Wildman–Crippen LogP) is 1.89. The van der Waals surface area contributed by atoms with Crippen LogP contribution in [0.25, 0.3) is 0 Å². The van der Waals surface area contributed by atoms with Gasteiger partial charge in [-0.3, -0.25) is 4.55 Å². The Labute approximate surface area is 90.4 Å². The number of benzene rings is 1. The molecule has 5 heteroatoms. The van der Waals surface area contributed by atoms with Gasteiger partial charge in [-0.2, -0.15) is 8.42 Å². The van der Waals surface area contributed by atoms with Gasteiger partial charge in [0, 0.05) is 5.54 Å². The highest BCUT2D eigenvalue weighted by Gasteiger charge is 2.31. The minimum atomic E-state index is -4.26. The van der Waals surface area contributed by atoms with E-state index >= 15 is 0 Å². The zero-order valence-corrected chi connectivity index (χ0v) is 9.75. The third kappa shape index (κ3) is 2.94. The summed E-state index contributed by atoms with van der Waals surface area (Å²) in [6.45, 7) is 5.12. The van der Waals surface area contributed by atoms with Crippen molar-refractivity contribution in [3.63, 3.8) is 0 Å². The standard InChI is InChI=1S/C10H14NO3S/c1-10(2,3)11(15(12,13)14)9-7-5-4-6-8-9/h5-8H,1-3H3,(H,12,13,14). The molecule has 1 rings (SSSR count). The summed E-state index contributed by atoms with van der Waals surface area (Å²) in [6, 6.07) is 9.15. The lowest BCUT2D eigenvalue weighted by Crippen LogP contribution is -2.45. The van der Waals surface area contributed by atoms with Crippen LogP contribution in [-0.2, 0) is 10.3 Å². The van der Waals surface area contributed by atoms with Gasteiger partial charge in [-0.1, -0.05) is 12.1 Å². The summed E-state index contributed by atoms with van der Waals surface area (Å²) in [5.41, 5.74) is -0.293. The molecule has 1 aromatic rings. The van der Waals surface area contributed by atoms with E-state index in [1.807, 2.05) is 0 Å². The van der Waals surface area contributed by atoms with Gasteiger partial charge in [0.1, 0.15) is 0 Å². The van der Waals surface area contributed by atoms with Gasteiger partial charge in [0.15, 0.2) is 0 Å². The quantitative estimate of drug-likeness (QED) is 0.786. The number of rotatable bonds is 2. The largest absolute Gasteiger partial charge is 0.360 e. The molecule has 15 heavy (non-hydrogen) atoms. The molecule has 0 amide bonds. The maximum atomic E-state index is 11.2. The SMILES string of the molecule is CC(C)(C)N(c1cc[c]cc1)S(=O)(=O)O. The van der Waals surface area contributed by atoms with Crippen LogP contribution in [0.5, 0.6) is 0 Å². The molecule has 0 bridgehead atoms. The van der Waals surface area contributed by atoms with Crippen LogP contribution in [0, 0.1) is 6.07 Å². The number of hydrogen-bond acceptors (Lipinski definition) is 2. The van der Waals surface area contributed by atoms with Crippen molar-refractivity contribution in [2.45, 2.75) is 26.3 Å². The molecule has 0 atom stereocenters. The Morgan fingerprint density at radius 3 is 2.07 bits per heavy atom. The Morgan fingerprint density at radius 2 is 1.73 bits per heavy atom. The summed E-state index contributed by atoms with van der Waals surface area (Å²) in [7, 11) is -4.26. The summed E-state index contributed by atoms with van der Waals surface area (Å²) in [5.74, 6) is 0. The molecular weight excluding hydrogens is 214 g/mol. The van der Waals surface area contributed by atoms with E-state index < -0.39 is 15.8 Å². The van der Waals surface area contributed by atoms with Crippen LogP contribution < -0.4 is 4.31 Å². The van der Waals surface area contributed by atoms with E-state index in [0.717, 1.165) is 4.31 Å². The van der Waals surface area contributed by atoms with Crippen molar-refractivity contribution in [1.82, 2.24) is 0 Å². The Hall–Kier alpha value is -1.07. The summed E-state index contributed by atoms with van der Waals surface area (Å²) in [6.07, 6.45) is 0. The molecule has 4 nitrogen and oxygen atoms in total. The zero-order chi connectivity index (χ0) is 11.7. The normalized spacial score (nSPS) is 12.5. The smallest absolute Gasteiger partial charge is 0.269 e. The van der Waals surface area contributed by atoms with E-state index in [4.69, 9.17) is 4.55 Å². The highest BCUT2D eigenvalue weighted by molar-refractivity contribution is 7.87. The summed E-state index contributed by atoms with van der Waals surface area (Å²) < 4.78 is 32.6. The summed E-state index contributed by atoms with van der Waals surface area (Å²) in [4.78, 5) is 0. The lowest BCUT2D eigenvalue weighted by Gasteiger charge is -2.33. The van der Waals surface area contributed by atoms with E-state index in [0.29, 0.717) is 5.69 Å². The first-order chi connectivity index (χ1) is 6.73. The van der Waals surface area contributed by atoms with Crippen molar-refractivity contribution in [3.05, 3.63) is 30.3 Å². The van der Waals surface area contributed by atoms with Crippen LogP contribution in [0.3, 0.4) is 0 Å². The summed E-state index contributed by atoms with van der Waals surface area (Å²) >= 11 is 0. The Kier molecular flexibility index (Phi) is 3.06. The van der Waals surface area contributed by atoms with E-state index in [-0.39, 0.29) is 0 Å². The van der Waals surface area contributed by atoms with Crippen molar-refractivity contribution in [2.24, 2.45) is 0 Å². The van der Waals surface area contributed by atoms with Gasteiger partial charge in [0.2, 0.25) is 0 Å². The van der Waals surface area contributed by atoms with Crippen LogP contribution >= 0.6 is 0 Å². The van der Waals surface area contributed by atoms with Crippen molar-refractivity contribution >= 4 is 16.0 Å². The van der Waals surface area contributed by atoms with E-state index in [1.54, 1.807) is 45.0 Å². The van der Waals surface area contributed by atoms with Gasteiger partial charge < -0.3 is 0 Å². The Bertz CT molecular complexity index is 420. The van der Waals surface area contributed by atoms with Crippen LogP contribution in [-0.4, -0.2) is 18.5 Å². The first-order valence-corrected chi connectivity index (χ1v) is 5.86. The average Bonchev–Trinajstić information content (AvgIpc) is 2.00. The minimum absolute atomic E-state index is 0.420. The van der Waals surface area contributed by atoms with Crippen LogP contribution in [0.1, 0.15) is 20.8 Å². The first kappa shape index (κ1) is 12.0. The molecule has 0 aromatic heterocycles. The third-order valence-electron chi connectivity index (χ3n) is 1.78. The molecule has 0 aliphatic heterocycles. The first-order valence-electron chi connectivity index (χ1n) is 4.47. The molecule has 0 fully saturated rings. The van der Waals surface area contributed by atoms with Crippen LogP contribution in [0.4, 0.5) is 5.69 Å². The molecule has 0 unspecified atom stereocenters. The highest BCUT2D eigenvalue weighted by atomic mass is 32.2. The molecular formula is C10H14NO3S. The van der Waals surface area contributed by atoms with Gasteiger partial charge in [-0.25, -0.2) is 4.31 Å². The number of nitrogens with zero attached hydrogens (tertiary/aromatic N) is 1. The van der Waals surface area contributed by atoms with Gasteiger partial charge in [-0.05, 0) is 39.0 Å². The molecule has 0 aliphatic carbocycles. The van der Waals surface area contributed by atoms with E-state index in [2.05, 4.69) is 6.07 Å². The molecule has 1 aromatic carbocycles. The zero-order valence-electron chi connectivity index (χ0n) is 8.93. The molecule has 0 spiro atoms. The second-order valence-electron chi connectivity index (χ2n) is 4.17. The molecule has 83 valence electrons. The Morgan fingerprint density at radius 1 is 1.27 bits per heavy atom. The molecule has 0 aliphatic rings. The van der Waals surface area contributed by atoms with E-state index in [9.17, 15) is 8.42 Å². The number of anilines is 1. The maximum Gasteiger partial charge on any atom is 0.360 e. The van der Waals surface area contributed by atoms with Gasteiger partial charge >= 0.3 is 10.3 Å². The van der Waals surface area contributed by atoms with Crippen molar-refractivity contribution in [1.29, 1.82) is 0 Å². The average molecular weight is 228 g/mol. The summed E-state index contributed by atoms with van der Waals surface area (Å²) in [5, 5.41) is 0. The fourth-order valence-electron chi connectivity index (χ4n) is 1.38. The maximum absolute atomic E-state index is 11.2. The molecule has 1 N–H and O–H groups in total. The second kappa shape index (κ2) is 3.83. The fourth-order valence-corrected chi connectivity index (χ4v) is 2.46. The third-order valence-corrected chi connectivity index (χ3v) is 3.00. The van der Waals surface area contributed by atoms with Crippen molar-refractivity contribution in [3.8, 4) is 0 Å². The van der Waals surface area contributed by atoms with Gasteiger partial charge in [0.05, 0.1) is 5.69 Å². The molecule has 0 heterocycles. The molecule has 0 saturated carbocycles. The molecule has 1 radical (unpaired) electrons. The molecule has 0 saturated heterocycles. The predicted molar refractivity (Wildman–Crippen MR) is 59.1 cm³/mol. The van der Waals surface area contributed by atoms with Crippen molar-refractivity contribution in [2.75, 3.05) is 4.31 Å². The Balaban J connectivity index is 3.27. The van der Waals surface area contributed by atoms with Gasteiger partial charge in [-0.15, -0.1) is 0 Å². The van der Waals surface area contributed by atoms with Crippen LogP contribution in [0.15, 0.2) is 24.3 Å². The van der Waals surface area contributed by atoms with Gasteiger partial charge in [0.25, 0.3) is 0 Å². The topological polar surface area (TPSA) is 57.6 Å². The highest BCUT2D eigenvalue weighted by Crippen LogP contribution is 2.25. The monoisotopic (exact) mass is 228 g/mol. The minimum Gasteiger partial charge on any atom is -0.269 e. The van der Waals surface area contributed by atoms with Crippen molar-refractivity contribution < 1.29 is 13.0 Å². The lowest BCUT2D eigenvalue weighted by molar-refractivity contribution is 0.452. The fraction of sp³-hybridized carbons (Fsp3) is 0.400. The lowest BCUT2D eigenvalue weighted by atomic mass is 10.1. The van der Waals surface area contributed by atoms with E-state index in [1.165, 1.54) is 0 Å².